The van der Waals surface area contributed by atoms with Crippen LogP contribution in [0.15, 0.2) is 18.2 Å². The summed E-state index contributed by atoms with van der Waals surface area (Å²) in [6, 6.07) is 5.50. The third-order valence-electron chi connectivity index (χ3n) is 2.29. The summed E-state index contributed by atoms with van der Waals surface area (Å²) in [5, 5.41) is 8.66. The molecule has 0 saturated heterocycles. The van der Waals surface area contributed by atoms with Crippen molar-refractivity contribution in [1.82, 2.24) is 9.97 Å². The van der Waals surface area contributed by atoms with Crippen LogP contribution in [-0.4, -0.2) is 21.0 Å². The average Bonchev–Trinajstić information content (AvgIpc) is 2.58. The molecule has 2 N–H and O–H groups in total. The molecule has 0 amide bonds. The summed E-state index contributed by atoms with van der Waals surface area (Å²) in [6.07, 6.45) is 0.902. The Balaban J connectivity index is 2.41. The largest absolute Gasteiger partial charge is 0.481 e. The highest BCUT2D eigenvalue weighted by Crippen LogP contribution is 2.14. The third-order valence-corrected chi connectivity index (χ3v) is 2.29. The van der Waals surface area contributed by atoms with Crippen LogP contribution >= 0.6 is 0 Å². The van der Waals surface area contributed by atoms with Crippen molar-refractivity contribution >= 4 is 17.0 Å². The van der Waals surface area contributed by atoms with Gasteiger partial charge >= 0.3 is 5.97 Å². The number of nitrogens with one attached hydrogen (secondary N) is 1. The molecule has 1 aromatic carbocycles. The normalized spacial score (nSPS) is 10.7. The van der Waals surface area contributed by atoms with Gasteiger partial charge in [0, 0.05) is 6.42 Å². The minimum atomic E-state index is -0.815. The quantitative estimate of drug-likeness (QED) is 0.800. The fourth-order valence-electron chi connectivity index (χ4n) is 1.56. The first-order chi connectivity index (χ1) is 7.19. The Kier molecular flexibility index (Phi) is 2.41. The molecule has 0 unspecified atom stereocenters. The Hall–Kier alpha value is -1.84. The molecule has 0 radical (unpaired) electrons. The van der Waals surface area contributed by atoms with Gasteiger partial charge in [0.25, 0.3) is 0 Å². The second-order valence-corrected chi connectivity index (χ2v) is 3.46. The van der Waals surface area contributed by atoms with Crippen molar-refractivity contribution in [2.24, 2.45) is 0 Å². The number of aromatic amines is 1. The molecule has 1 heterocycles. The Morgan fingerprint density at radius 1 is 1.53 bits per heavy atom. The predicted molar refractivity (Wildman–Crippen MR) is 56.8 cm³/mol. The second-order valence-electron chi connectivity index (χ2n) is 3.46. The van der Waals surface area contributed by atoms with Crippen molar-refractivity contribution in [3.05, 3.63) is 29.6 Å². The van der Waals surface area contributed by atoms with Crippen LogP contribution in [0, 0.1) is 0 Å². The number of carbonyl (C=O) groups is 1. The van der Waals surface area contributed by atoms with E-state index < -0.39 is 5.97 Å². The van der Waals surface area contributed by atoms with E-state index in [2.05, 4.69) is 9.97 Å². The van der Waals surface area contributed by atoms with Crippen LogP contribution in [0.1, 0.15) is 18.3 Å². The van der Waals surface area contributed by atoms with Crippen molar-refractivity contribution in [2.45, 2.75) is 19.8 Å². The van der Waals surface area contributed by atoms with Gasteiger partial charge < -0.3 is 10.1 Å². The number of H-pyrrole nitrogens is 1. The molecule has 0 aliphatic heterocycles. The maximum Gasteiger partial charge on any atom is 0.307 e. The minimum absolute atomic E-state index is 0.0520. The van der Waals surface area contributed by atoms with E-state index in [1.54, 1.807) is 6.07 Å². The number of aryl methyl sites for hydroxylation is 1. The third kappa shape index (κ3) is 1.98. The van der Waals surface area contributed by atoms with Gasteiger partial charge in [-0.05, 0) is 17.7 Å². The molecule has 1 aromatic heterocycles. The zero-order valence-electron chi connectivity index (χ0n) is 8.45. The first-order valence-electron chi connectivity index (χ1n) is 4.88. The Bertz CT molecular complexity index is 502. The minimum Gasteiger partial charge on any atom is -0.481 e. The predicted octanol–water partition coefficient (Wildman–Crippen LogP) is 1.75. The molecular formula is C11H12N2O2. The Morgan fingerprint density at radius 2 is 2.33 bits per heavy atom. The number of imidazole rings is 1. The first kappa shape index (κ1) is 9.71. The van der Waals surface area contributed by atoms with Gasteiger partial charge in [-0.2, -0.15) is 0 Å². The first-order valence-corrected chi connectivity index (χ1v) is 4.88. The number of fused-ring (bicyclic) bond motifs is 1. The van der Waals surface area contributed by atoms with Crippen molar-refractivity contribution in [1.29, 1.82) is 0 Å². The highest BCUT2D eigenvalue weighted by atomic mass is 16.4. The zero-order valence-corrected chi connectivity index (χ0v) is 8.45. The molecule has 4 nitrogen and oxygen atoms in total. The van der Waals surface area contributed by atoms with E-state index in [9.17, 15) is 4.79 Å². The van der Waals surface area contributed by atoms with Crippen LogP contribution in [0.2, 0.25) is 0 Å². The number of aliphatic carboxylic acids is 1. The smallest absolute Gasteiger partial charge is 0.307 e. The van der Waals surface area contributed by atoms with Crippen LogP contribution in [0.4, 0.5) is 0 Å². The van der Waals surface area contributed by atoms with E-state index in [4.69, 9.17) is 5.11 Å². The van der Waals surface area contributed by atoms with E-state index in [0.29, 0.717) is 0 Å². The maximum atomic E-state index is 10.5. The zero-order chi connectivity index (χ0) is 10.8. The van der Waals surface area contributed by atoms with E-state index in [1.165, 1.54) is 0 Å². The summed E-state index contributed by atoms with van der Waals surface area (Å²) >= 11 is 0. The van der Waals surface area contributed by atoms with Crippen LogP contribution in [0.25, 0.3) is 11.0 Å². The topological polar surface area (TPSA) is 66.0 Å². The van der Waals surface area contributed by atoms with Crippen LogP contribution in [-0.2, 0) is 17.6 Å². The lowest BCUT2D eigenvalue weighted by Crippen LogP contribution is -1.99. The summed E-state index contributed by atoms with van der Waals surface area (Å²) in [5.41, 5.74) is 2.59. The summed E-state index contributed by atoms with van der Waals surface area (Å²) in [7, 11) is 0. The molecule has 0 spiro atoms. The molecule has 0 saturated carbocycles. The Labute approximate surface area is 87.0 Å². The molecule has 2 aromatic rings. The van der Waals surface area contributed by atoms with E-state index >= 15 is 0 Å². The standard InChI is InChI=1S/C11H12N2O2/c1-2-10-12-8-4-3-7(6-11(14)15)5-9(8)13-10/h3-5H,2,6H2,1H3,(H,12,13)(H,14,15). The van der Waals surface area contributed by atoms with Gasteiger partial charge in [0.05, 0.1) is 17.5 Å². The summed E-state index contributed by atoms with van der Waals surface area (Å²) in [6.45, 7) is 2.02. The van der Waals surface area contributed by atoms with E-state index in [-0.39, 0.29) is 6.42 Å². The number of benzene rings is 1. The lowest BCUT2D eigenvalue weighted by atomic mass is 10.1. The lowest BCUT2D eigenvalue weighted by Gasteiger charge is -1.95. The summed E-state index contributed by atoms with van der Waals surface area (Å²) < 4.78 is 0. The average molecular weight is 204 g/mol. The van der Waals surface area contributed by atoms with Gasteiger partial charge in [-0.3, -0.25) is 4.79 Å². The molecule has 4 heteroatoms. The second kappa shape index (κ2) is 3.73. The maximum absolute atomic E-state index is 10.5. The van der Waals surface area contributed by atoms with Crippen molar-refractivity contribution in [3.63, 3.8) is 0 Å². The van der Waals surface area contributed by atoms with Crippen molar-refractivity contribution in [3.8, 4) is 0 Å². The molecule has 0 fully saturated rings. The monoisotopic (exact) mass is 204 g/mol. The SMILES string of the molecule is CCc1nc2ccc(CC(=O)O)cc2[nH]1. The summed E-state index contributed by atoms with van der Waals surface area (Å²) in [4.78, 5) is 18.0. The van der Waals surface area contributed by atoms with Gasteiger partial charge in [0.2, 0.25) is 0 Å². The van der Waals surface area contributed by atoms with E-state index in [1.807, 2.05) is 19.1 Å². The van der Waals surface area contributed by atoms with Crippen LogP contribution < -0.4 is 0 Å². The molecule has 0 aliphatic rings. The summed E-state index contributed by atoms with van der Waals surface area (Å²) in [5.74, 6) is 0.113. The van der Waals surface area contributed by atoms with Crippen molar-refractivity contribution < 1.29 is 9.90 Å². The van der Waals surface area contributed by atoms with Crippen molar-refractivity contribution in [2.75, 3.05) is 0 Å². The molecular weight excluding hydrogens is 192 g/mol. The molecule has 0 atom stereocenters. The van der Waals surface area contributed by atoms with Gasteiger partial charge in [0.1, 0.15) is 5.82 Å². The number of carboxylic acids is 1. The van der Waals surface area contributed by atoms with Gasteiger partial charge in [-0.15, -0.1) is 0 Å². The van der Waals surface area contributed by atoms with Gasteiger partial charge in [-0.25, -0.2) is 4.98 Å². The number of hydrogen-bond donors (Lipinski definition) is 2. The highest BCUT2D eigenvalue weighted by Gasteiger charge is 2.04. The molecule has 0 bridgehead atoms. The number of aromatic nitrogens is 2. The number of rotatable bonds is 3. The fraction of sp³-hybridized carbons (Fsp3) is 0.273. The highest BCUT2D eigenvalue weighted by molar-refractivity contribution is 5.78. The fourth-order valence-corrected chi connectivity index (χ4v) is 1.56. The number of carboxylic acid groups (broad SMARTS) is 1. The van der Waals surface area contributed by atoms with Gasteiger partial charge in [-0.1, -0.05) is 13.0 Å². The molecule has 2 rings (SSSR count). The molecule has 0 aliphatic carbocycles. The molecule has 78 valence electrons. The van der Waals surface area contributed by atoms with Crippen LogP contribution in [0.5, 0.6) is 0 Å². The van der Waals surface area contributed by atoms with E-state index in [0.717, 1.165) is 28.8 Å². The van der Waals surface area contributed by atoms with Crippen LogP contribution in [0.3, 0.4) is 0 Å². The lowest BCUT2D eigenvalue weighted by molar-refractivity contribution is -0.136. The number of nitrogens with zero attached hydrogens (tertiary/aromatic N) is 1. The number of hydrogen-bond acceptors (Lipinski definition) is 2. The molecule has 15 heavy (non-hydrogen) atoms. The van der Waals surface area contributed by atoms with Gasteiger partial charge in [0.15, 0.2) is 0 Å². The Morgan fingerprint density at radius 3 is 3.00 bits per heavy atom.